The zero-order valence-electron chi connectivity index (χ0n) is 29.3. The highest BCUT2D eigenvalue weighted by Crippen LogP contribution is 2.62. The van der Waals surface area contributed by atoms with Crippen LogP contribution in [0.1, 0.15) is 85.0 Å². The minimum atomic E-state index is -0.952. The van der Waals surface area contributed by atoms with Gasteiger partial charge in [0.25, 0.3) is 0 Å². The molecule has 49 heavy (non-hydrogen) atoms. The molecule has 5 saturated heterocycles. The van der Waals surface area contributed by atoms with E-state index in [4.69, 9.17) is 19.9 Å². The van der Waals surface area contributed by atoms with Gasteiger partial charge in [-0.3, -0.25) is 9.59 Å². The number of carbonyl (C=O) groups excluding carboxylic acids is 3. The molecule has 0 aromatic rings. The lowest BCUT2D eigenvalue weighted by molar-refractivity contribution is -0.229. The minimum absolute atomic E-state index is 0.0560. The van der Waals surface area contributed by atoms with Gasteiger partial charge in [-0.25, -0.2) is 4.79 Å². The standard InChI is InChI=1S/C37H55N3O7S2/c1-4-21(2)34(43)47-36(3)9-7-23-19-48-49-20-27-8-10-40(27)32(42)14-26-18-39-31(38)15-28(26)33(23)37(36)17-25-13-24-12-22(6-5-11-41)35(44)45-29(24)16-30(25)46-37/h4,7,22,24-31,33,39,41H,5-6,8-20,38H2,1-3H3/t22?,24?,25?,26?,27-,28?,29?,30?,31?,33+,36-,37-/m0/s1. The summed E-state index contributed by atoms with van der Waals surface area (Å²) in [5.74, 6) is 1.82. The van der Waals surface area contributed by atoms with Gasteiger partial charge in [0.15, 0.2) is 0 Å². The summed E-state index contributed by atoms with van der Waals surface area (Å²) in [6.07, 6.45) is 10.6. The molecule has 0 aromatic heterocycles. The molecule has 0 radical (unpaired) electrons. The van der Waals surface area contributed by atoms with Gasteiger partial charge >= 0.3 is 11.9 Å². The molecule has 7 rings (SSSR count). The number of aliphatic hydroxyl groups excluding tert-OH is 1. The van der Waals surface area contributed by atoms with Crippen molar-refractivity contribution < 1.29 is 33.7 Å². The van der Waals surface area contributed by atoms with E-state index in [1.165, 1.54) is 5.57 Å². The van der Waals surface area contributed by atoms with Crippen LogP contribution in [0.25, 0.3) is 0 Å². The number of fused-ring (bicyclic) bond motifs is 7. The van der Waals surface area contributed by atoms with Gasteiger partial charge in [0.2, 0.25) is 5.91 Å². The molecule has 0 aromatic carbocycles. The topological polar surface area (TPSA) is 140 Å². The summed E-state index contributed by atoms with van der Waals surface area (Å²) in [6, 6.07) is 0.309. The number of aliphatic hydroxyl groups is 1. The highest BCUT2D eigenvalue weighted by atomic mass is 33.1. The molecular formula is C37H55N3O7S2. The van der Waals surface area contributed by atoms with E-state index in [0.29, 0.717) is 56.7 Å². The molecule has 1 amide bonds. The first-order chi connectivity index (χ1) is 23.6. The van der Waals surface area contributed by atoms with Gasteiger partial charge < -0.3 is 35.3 Å². The molecule has 8 unspecified atom stereocenters. The summed E-state index contributed by atoms with van der Waals surface area (Å²) < 4.78 is 20.3. The van der Waals surface area contributed by atoms with E-state index >= 15 is 0 Å². The molecule has 0 bridgehead atoms. The zero-order chi connectivity index (χ0) is 34.5. The highest BCUT2D eigenvalue weighted by molar-refractivity contribution is 8.76. The van der Waals surface area contributed by atoms with Crippen LogP contribution >= 0.6 is 21.6 Å². The van der Waals surface area contributed by atoms with Crippen molar-refractivity contribution in [2.24, 2.45) is 41.2 Å². The Bertz CT molecular complexity index is 1360. The maximum Gasteiger partial charge on any atom is 0.334 e. The number of hydrogen-bond acceptors (Lipinski definition) is 11. The van der Waals surface area contributed by atoms with Crippen molar-refractivity contribution in [2.45, 2.75) is 121 Å². The maximum absolute atomic E-state index is 13.8. The number of nitrogens with two attached hydrogens (primary N) is 1. The van der Waals surface area contributed by atoms with Crippen LogP contribution in [0.3, 0.4) is 0 Å². The second-order valence-electron chi connectivity index (χ2n) is 16.0. The average Bonchev–Trinajstić information content (AvgIpc) is 3.43. The minimum Gasteiger partial charge on any atom is -0.462 e. The molecule has 12 atom stereocenters. The molecule has 2 aliphatic carbocycles. The van der Waals surface area contributed by atoms with Crippen molar-refractivity contribution in [1.82, 2.24) is 10.2 Å². The lowest BCUT2D eigenvalue weighted by atomic mass is 9.56. The van der Waals surface area contributed by atoms with Gasteiger partial charge in [-0.05, 0) is 89.4 Å². The van der Waals surface area contributed by atoms with Gasteiger partial charge in [0, 0.05) is 68.0 Å². The lowest BCUT2D eigenvalue weighted by Crippen LogP contribution is -2.65. The summed E-state index contributed by atoms with van der Waals surface area (Å²) in [5, 5.41) is 12.9. The van der Waals surface area contributed by atoms with Crippen LogP contribution in [-0.2, 0) is 28.6 Å². The van der Waals surface area contributed by atoms with Gasteiger partial charge in [-0.1, -0.05) is 39.3 Å². The molecule has 5 aliphatic heterocycles. The zero-order valence-corrected chi connectivity index (χ0v) is 30.9. The van der Waals surface area contributed by atoms with Crippen LogP contribution in [0.4, 0.5) is 0 Å². The maximum atomic E-state index is 13.8. The normalized spacial score (nSPS) is 44.1. The quantitative estimate of drug-likeness (QED) is 0.162. The Morgan fingerprint density at radius 1 is 1.18 bits per heavy atom. The van der Waals surface area contributed by atoms with Crippen molar-refractivity contribution in [3.05, 3.63) is 23.3 Å². The number of nitrogens with zero attached hydrogens (tertiary/aromatic N) is 1. The van der Waals surface area contributed by atoms with E-state index in [-0.39, 0.29) is 78.3 Å². The first kappa shape index (κ1) is 35.8. The number of allylic oxidation sites excluding steroid dienone is 1. The Morgan fingerprint density at radius 3 is 2.78 bits per heavy atom. The number of hydrogen-bond donors (Lipinski definition) is 3. The van der Waals surface area contributed by atoms with Gasteiger partial charge in [-0.15, -0.1) is 0 Å². The number of piperidine rings is 1. The van der Waals surface area contributed by atoms with Gasteiger partial charge in [-0.2, -0.15) is 0 Å². The molecule has 4 N–H and O–H groups in total. The van der Waals surface area contributed by atoms with Crippen molar-refractivity contribution in [2.75, 3.05) is 31.2 Å². The first-order valence-electron chi connectivity index (χ1n) is 18.6. The van der Waals surface area contributed by atoms with Crippen LogP contribution in [0.2, 0.25) is 0 Å². The predicted octanol–water partition coefficient (Wildman–Crippen LogP) is 4.36. The highest BCUT2D eigenvalue weighted by Gasteiger charge is 2.68. The predicted molar refractivity (Wildman–Crippen MR) is 190 cm³/mol. The van der Waals surface area contributed by atoms with Crippen molar-refractivity contribution in [1.29, 1.82) is 0 Å². The fourth-order valence-electron chi connectivity index (χ4n) is 10.3. The fourth-order valence-corrected chi connectivity index (χ4v) is 12.9. The number of amides is 1. The molecular weight excluding hydrogens is 663 g/mol. The molecule has 7 aliphatic rings. The van der Waals surface area contributed by atoms with Crippen LogP contribution in [-0.4, -0.2) is 94.7 Å². The van der Waals surface area contributed by atoms with E-state index < -0.39 is 11.2 Å². The van der Waals surface area contributed by atoms with Crippen molar-refractivity contribution in [3.8, 4) is 0 Å². The molecule has 1 saturated carbocycles. The lowest BCUT2D eigenvalue weighted by Gasteiger charge is -2.57. The Labute approximate surface area is 298 Å². The van der Waals surface area contributed by atoms with E-state index in [1.807, 2.05) is 28.5 Å². The smallest absolute Gasteiger partial charge is 0.334 e. The SMILES string of the molecule is CC=C(C)C(=O)O[C@@]1(C)CC=C2CSSC[C@@H]3CCN3C(=O)CC3CNC(N)CC3[C@@H]2[C@@]12CC1CC3CC(CCCO)C(=O)OC3CC1O2. The summed E-state index contributed by atoms with van der Waals surface area (Å²) in [5.41, 5.74) is 6.80. The molecule has 5 heterocycles. The molecule has 272 valence electrons. The summed E-state index contributed by atoms with van der Waals surface area (Å²) >= 11 is 0. The largest absolute Gasteiger partial charge is 0.462 e. The number of carbonyl (C=O) groups is 3. The second kappa shape index (κ2) is 14.5. The second-order valence-corrected chi connectivity index (χ2v) is 18.5. The van der Waals surface area contributed by atoms with Crippen LogP contribution in [0.15, 0.2) is 23.3 Å². The third-order valence-electron chi connectivity index (χ3n) is 13.2. The monoisotopic (exact) mass is 717 g/mol. The van der Waals surface area contributed by atoms with E-state index in [2.05, 4.69) is 23.2 Å². The number of esters is 2. The average molecular weight is 718 g/mol. The Kier molecular flexibility index (Phi) is 10.6. The summed E-state index contributed by atoms with van der Waals surface area (Å²) in [4.78, 5) is 42.6. The molecule has 12 heteroatoms. The fraction of sp³-hybridized carbons (Fsp3) is 0.811. The molecule has 1 spiro atoms. The summed E-state index contributed by atoms with van der Waals surface area (Å²) in [6.45, 7) is 7.28. The van der Waals surface area contributed by atoms with Crippen LogP contribution < -0.4 is 11.1 Å². The third-order valence-corrected chi connectivity index (χ3v) is 15.6. The van der Waals surface area contributed by atoms with E-state index in [9.17, 15) is 19.5 Å². The number of nitrogens with one attached hydrogen (secondary N) is 1. The van der Waals surface area contributed by atoms with Crippen LogP contribution in [0, 0.1) is 35.5 Å². The number of rotatable bonds is 5. The Morgan fingerprint density at radius 2 is 2.02 bits per heavy atom. The molecule has 6 fully saturated rings. The summed E-state index contributed by atoms with van der Waals surface area (Å²) in [7, 11) is 3.72. The molecule has 10 nitrogen and oxygen atoms in total. The van der Waals surface area contributed by atoms with Crippen molar-refractivity contribution in [3.63, 3.8) is 0 Å². The van der Waals surface area contributed by atoms with Gasteiger partial charge in [0.1, 0.15) is 17.3 Å². The number of ether oxygens (including phenoxy) is 3. The van der Waals surface area contributed by atoms with E-state index in [1.54, 1.807) is 13.0 Å². The first-order valence-corrected chi connectivity index (χ1v) is 21.1. The van der Waals surface area contributed by atoms with E-state index in [0.717, 1.165) is 43.7 Å². The van der Waals surface area contributed by atoms with Crippen molar-refractivity contribution >= 4 is 39.4 Å². The third kappa shape index (κ3) is 6.65. The van der Waals surface area contributed by atoms with Gasteiger partial charge in [0.05, 0.1) is 18.2 Å². The Balaban J connectivity index is 1.27. The van der Waals surface area contributed by atoms with Crippen LogP contribution in [0.5, 0.6) is 0 Å². The Hall–Kier alpha value is -1.57.